The number of hydrogen-bond acceptors (Lipinski definition) is 2. The molecule has 1 heterocycles. The molecule has 72 valence electrons. The van der Waals surface area contributed by atoms with Gasteiger partial charge in [-0.1, -0.05) is 0 Å². The molecule has 0 saturated carbocycles. The van der Waals surface area contributed by atoms with Crippen LogP contribution in [0.25, 0.3) is 0 Å². The number of hydrogen-bond donors (Lipinski definition) is 2. The Kier molecular flexibility index (Phi) is 2.31. The zero-order valence-electron chi connectivity index (χ0n) is 6.70. The number of anilines is 1. The first-order valence-electron chi connectivity index (χ1n) is 3.43. The highest BCUT2D eigenvalue weighted by Gasteiger charge is 2.31. The zero-order valence-corrected chi connectivity index (χ0v) is 6.70. The number of H-pyrrole nitrogens is 1. The van der Waals surface area contributed by atoms with Crippen molar-refractivity contribution < 1.29 is 13.2 Å². The third-order valence-corrected chi connectivity index (χ3v) is 1.50. The molecule has 1 aromatic heterocycles. The van der Waals surface area contributed by atoms with Crippen molar-refractivity contribution in [1.29, 1.82) is 0 Å². The van der Waals surface area contributed by atoms with Gasteiger partial charge in [0.2, 0.25) is 0 Å². The maximum Gasteiger partial charge on any atom is 0.417 e. The van der Waals surface area contributed by atoms with Crippen LogP contribution < -0.4 is 10.9 Å². The summed E-state index contributed by atoms with van der Waals surface area (Å²) in [5, 5.41) is 2.36. The van der Waals surface area contributed by atoms with Crippen molar-refractivity contribution in [3.8, 4) is 0 Å². The number of nitrogens with one attached hydrogen (secondary N) is 2. The molecule has 6 heteroatoms. The van der Waals surface area contributed by atoms with Gasteiger partial charge in [-0.15, -0.1) is 0 Å². The van der Waals surface area contributed by atoms with Crippen molar-refractivity contribution in [2.45, 2.75) is 6.18 Å². The van der Waals surface area contributed by atoms with Crippen LogP contribution in [0, 0.1) is 0 Å². The molecule has 0 aromatic carbocycles. The number of halogens is 3. The summed E-state index contributed by atoms with van der Waals surface area (Å²) in [5.41, 5.74) is -1.55. The normalized spacial score (nSPS) is 11.4. The van der Waals surface area contributed by atoms with E-state index in [1.807, 2.05) is 4.98 Å². The van der Waals surface area contributed by atoms with E-state index in [4.69, 9.17) is 0 Å². The molecule has 0 bridgehead atoms. The monoisotopic (exact) mass is 192 g/mol. The maximum absolute atomic E-state index is 12.1. The predicted molar refractivity (Wildman–Crippen MR) is 41.6 cm³/mol. The van der Waals surface area contributed by atoms with E-state index < -0.39 is 17.3 Å². The zero-order chi connectivity index (χ0) is 10.1. The Morgan fingerprint density at radius 2 is 2.08 bits per heavy atom. The second-order valence-electron chi connectivity index (χ2n) is 2.38. The van der Waals surface area contributed by atoms with E-state index >= 15 is 0 Å². The number of pyridine rings is 1. The van der Waals surface area contributed by atoms with Crippen molar-refractivity contribution >= 4 is 5.69 Å². The van der Waals surface area contributed by atoms with Crippen LogP contribution >= 0.6 is 0 Å². The Labute approximate surface area is 71.6 Å². The lowest BCUT2D eigenvalue weighted by molar-refractivity contribution is -0.137. The van der Waals surface area contributed by atoms with Crippen LogP contribution in [-0.4, -0.2) is 12.0 Å². The molecule has 3 nitrogen and oxygen atoms in total. The SMILES string of the molecule is CNc1cc(C(F)(F)F)c[nH]c1=O. The molecule has 0 aliphatic carbocycles. The van der Waals surface area contributed by atoms with Gasteiger partial charge in [0, 0.05) is 13.2 Å². The van der Waals surface area contributed by atoms with E-state index in [-0.39, 0.29) is 5.69 Å². The summed E-state index contributed by atoms with van der Waals surface area (Å²) in [5.74, 6) is 0. The molecule has 0 amide bonds. The average molecular weight is 192 g/mol. The summed E-state index contributed by atoms with van der Waals surface area (Å²) in [6.07, 6.45) is -3.79. The quantitative estimate of drug-likeness (QED) is 0.707. The third-order valence-electron chi connectivity index (χ3n) is 1.50. The smallest absolute Gasteiger partial charge is 0.384 e. The fraction of sp³-hybridized carbons (Fsp3) is 0.286. The van der Waals surface area contributed by atoms with Gasteiger partial charge in [0.05, 0.1) is 5.56 Å². The fourth-order valence-electron chi connectivity index (χ4n) is 0.833. The Morgan fingerprint density at radius 1 is 1.46 bits per heavy atom. The number of rotatable bonds is 1. The Bertz CT molecular complexity index is 355. The van der Waals surface area contributed by atoms with E-state index in [9.17, 15) is 18.0 Å². The first kappa shape index (κ1) is 9.63. The number of aromatic nitrogens is 1. The van der Waals surface area contributed by atoms with Gasteiger partial charge in [-0.2, -0.15) is 13.2 Å². The lowest BCUT2D eigenvalue weighted by Crippen LogP contribution is -2.15. The summed E-state index contributed by atoms with van der Waals surface area (Å²) < 4.78 is 36.3. The van der Waals surface area contributed by atoms with Crippen molar-refractivity contribution in [2.24, 2.45) is 0 Å². The Morgan fingerprint density at radius 3 is 2.54 bits per heavy atom. The third kappa shape index (κ3) is 2.01. The minimum absolute atomic E-state index is 0.102. The highest BCUT2D eigenvalue weighted by atomic mass is 19.4. The number of aromatic amines is 1. The Hall–Kier alpha value is -1.46. The van der Waals surface area contributed by atoms with Gasteiger partial charge >= 0.3 is 6.18 Å². The molecule has 13 heavy (non-hydrogen) atoms. The van der Waals surface area contributed by atoms with Crippen molar-refractivity contribution in [1.82, 2.24) is 4.98 Å². The van der Waals surface area contributed by atoms with Crippen LogP contribution in [0.5, 0.6) is 0 Å². The van der Waals surface area contributed by atoms with Gasteiger partial charge in [-0.05, 0) is 6.07 Å². The largest absolute Gasteiger partial charge is 0.417 e. The first-order chi connectivity index (χ1) is 5.95. The summed E-state index contributed by atoms with van der Waals surface area (Å²) in [6, 6.07) is 0.763. The predicted octanol–water partition coefficient (Wildman–Crippen LogP) is 1.44. The van der Waals surface area contributed by atoms with E-state index in [2.05, 4.69) is 5.32 Å². The van der Waals surface area contributed by atoms with Crippen LogP contribution in [-0.2, 0) is 6.18 Å². The molecule has 0 aliphatic rings. The van der Waals surface area contributed by atoms with Crippen LogP contribution in [0.2, 0.25) is 0 Å². The highest BCUT2D eigenvalue weighted by molar-refractivity contribution is 5.42. The molecule has 0 radical (unpaired) electrons. The summed E-state index contributed by atoms with van der Waals surface area (Å²) >= 11 is 0. The molecule has 0 unspecified atom stereocenters. The topological polar surface area (TPSA) is 44.9 Å². The van der Waals surface area contributed by atoms with Crippen molar-refractivity contribution in [3.05, 3.63) is 28.2 Å². The molecule has 0 saturated heterocycles. The molecule has 1 rings (SSSR count). The molecule has 0 atom stereocenters. The van der Waals surface area contributed by atoms with Gasteiger partial charge in [0.15, 0.2) is 0 Å². The Balaban J connectivity index is 3.22. The standard InChI is InChI=1S/C7H7F3N2O/c1-11-5-2-4(7(8,9)10)3-12-6(5)13/h2-3,11H,1H3,(H,12,13). The van der Waals surface area contributed by atoms with Crippen LogP contribution in [0.15, 0.2) is 17.1 Å². The van der Waals surface area contributed by atoms with E-state index in [0.29, 0.717) is 6.20 Å². The summed E-state index contributed by atoms with van der Waals surface area (Å²) in [7, 11) is 1.38. The number of alkyl halides is 3. The van der Waals surface area contributed by atoms with E-state index in [1.165, 1.54) is 7.05 Å². The molecule has 0 spiro atoms. The summed E-state index contributed by atoms with van der Waals surface area (Å²) in [4.78, 5) is 12.8. The van der Waals surface area contributed by atoms with Crippen molar-refractivity contribution in [2.75, 3.05) is 12.4 Å². The van der Waals surface area contributed by atoms with E-state index in [0.717, 1.165) is 6.07 Å². The summed E-state index contributed by atoms with van der Waals surface area (Å²) in [6.45, 7) is 0. The molecule has 0 aliphatic heterocycles. The minimum Gasteiger partial charge on any atom is -0.384 e. The molecule has 0 fully saturated rings. The minimum atomic E-state index is -4.43. The first-order valence-corrected chi connectivity index (χ1v) is 3.43. The molecular formula is C7H7F3N2O. The van der Waals surface area contributed by atoms with Gasteiger partial charge in [0.1, 0.15) is 5.69 Å². The van der Waals surface area contributed by atoms with Gasteiger partial charge in [-0.3, -0.25) is 4.79 Å². The van der Waals surface area contributed by atoms with Crippen LogP contribution in [0.1, 0.15) is 5.56 Å². The second-order valence-corrected chi connectivity index (χ2v) is 2.38. The molecule has 1 aromatic rings. The molecule has 2 N–H and O–H groups in total. The van der Waals surface area contributed by atoms with Gasteiger partial charge < -0.3 is 10.3 Å². The van der Waals surface area contributed by atoms with Gasteiger partial charge in [-0.25, -0.2) is 0 Å². The van der Waals surface area contributed by atoms with E-state index in [1.54, 1.807) is 0 Å². The molecular weight excluding hydrogens is 185 g/mol. The average Bonchev–Trinajstić information content (AvgIpc) is 2.03. The fourth-order valence-corrected chi connectivity index (χ4v) is 0.833. The van der Waals surface area contributed by atoms with Crippen molar-refractivity contribution in [3.63, 3.8) is 0 Å². The van der Waals surface area contributed by atoms with Crippen LogP contribution in [0.3, 0.4) is 0 Å². The van der Waals surface area contributed by atoms with Crippen LogP contribution in [0.4, 0.5) is 18.9 Å². The lowest BCUT2D eigenvalue weighted by Gasteiger charge is -2.07. The highest BCUT2D eigenvalue weighted by Crippen LogP contribution is 2.28. The maximum atomic E-state index is 12.1. The second kappa shape index (κ2) is 3.12. The van der Waals surface area contributed by atoms with Gasteiger partial charge in [0.25, 0.3) is 5.56 Å². The lowest BCUT2D eigenvalue weighted by atomic mass is 10.2.